The van der Waals surface area contributed by atoms with Gasteiger partial charge in [0.1, 0.15) is 12.7 Å². The molecule has 0 spiro atoms. The van der Waals surface area contributed by atoms with Gasteiger partial charge in [0.15, 0.2) is 17.0 Å². The smallest absolute Gasteiger partial charge is 0.247 e. The van der Waals surface area contributed by atoms with Crippen molar-refractivity contribution in [1.82, 2.24) is 19.5 Å². The number of aromatic nitrogens is 4. The Kier molecular flexibility index (Phi) is 4.91. The first-order valence-corrected chi connectivity index (χ1v) is 9.45. The Morgan fingerprint density at radius 1 is 1.29 bits per heavy atom. The van der Waals surface area contributed by atoms with E-state index in [0.717, 1.165) is 12.0 Å². The van der Waals surface area contributed by atoms with E-state index < -0.39 is 5.79 Å². The highest BCUT2D eigenvalue weighted by molar-refractivity contribution is 5.77. The van der Waals surface area contributed by atoms with Crippen LogP contribution in [0.2, 0.25) is 0 Å². The number of hydrogen-bond donors (Lipinski definition) is 1. The van der Waals surface area contributed by atoms with Crippen molar-refractivity contribution in [3.05, 3.63) is 42.2 Å². The van der Waals surface area contributed by atoms with Gasteiger partial charge < -0.3 is 24.5 Å². The van der Waals surface area contributed by atoms with Gasteiger partial charge in [-0.05, 0) is 25.8 Å². The number of anilines is 1. The number of hydrogen-bond acceptors (Lipinski definition) is 7. The minimum atomic E-state index is -0.591. The van der Waals surface area contributed by atoms with E-state index in [1.165, 1.54) is 0 Å². The first kappa shape index (κ1) is 18.6. The molecule has 1 aliphatic rings. The summed E-state index contributed by atoms with van der Waals surface area (Å²) in [6.45, 7) is 6.83. The molecule has 0 amide bonds. The van der Waals surface area contributed by atoms with Crippen LogP contribution in [0, 0.1) is 0 Å². The fourth-order valence-electron chi connectivity index (χ4n) is 3.52. The average Bonchev–Trinajstić information content (AvgIpc) is 3.25. The minimum Gasteiger partial charge on any atom is -0.471 e. The topological polar surface area (TPSA) is 97.3 Å². The third kappa shape index (κ3) is 3.65. The van der Waals surface area contributed by atoms with Crippen molar-refractivity contribution in [1.29, 1.82) is 0 Å². The number of nitrogens with zero attached hydrogens (tertiary/aromatic N) is 4. The lowest BCUT2D eigenvalue weighted by Crippen LogP contribution is -2.28. The predicted octanol–water partition coefficient (Wildman–Crippen LogP) is 3.09. The summed E-state index contributed by atoms with van der Waals surface area (Å²) in [5.41, 5.74) is 8.22. The lowest BCUT2D eigenvalue weighted by molar-refractivity contribution is -0.143. The molecule has 0 bridgehead atoms. The molecule has 4 rings (SSSR count). The van der Waals surface area contributed by atoms with Gasteiger partial charge in [-0.15, -0.1) is 0 Å². The number of fused-ring (bicyclic) bond motifs is 1. The summed E-state index contributed by atoms with van der Waals surface area (Å²) in [6, 6.07) is 9.90. The number of ether oxygens (including phenoxy) is 3. The summed E-state index contributed by atoms with van der Waals surface area (Å²) in [6.07, 6.45) is 2.48. The Balaban J connectivity index is 1.64. The second-order valence-corrected chi connectivity index (χ2v) is 7.33. The van der Waals surface area contributed by atoms with Crippen LogP contribution in [-0.4, -0.2) is 38.0 Å². The zero-order valence-electron chi connectivity index (χ0n) is 16.3. The molecule has 2 aromatic heterocycles. The molecule has 0 radical (unpaired) electrons. The summed E-state index contributed by atoms with van der Waals surface area (Å²) in [5, 5.41) is 0. The van der Waals surface area contributed by atoms with Crippen LogP contribution in [-0.2, 0) is 16.1 Å². The third-order valence-electron chi connectivity index (χ3n) is 4.86. The van der Waals surface area contributed by atoms with E-state index >= 15 is 0 Å². The van der Waals surface area contributed by atoms with Crippen LogP contribution >= 0.6 is 0 Å². The second-order valence-electron chi connectivity index (χ2n) is 7.33. The highest BCUT2D eigenvalue weighted by atomic mass is 16.7. The molecule has 8 nitrogen and oxygen atoms in total. The zero-order chi connectivity index (χ0) is 19.7. The van der Waals surface area contributed by atoms with E-state index in [9.17, 15) is 0 Å². The molecule has 3 aromatic rings. The SMILES string of the molecule is CCC(C1COC(C)(C)O1)n1cnc2c(OCc3ccccc3)nc(N)nc21. The predicted molar refractivity (Wildman–Crippen MR) is 105 cm³/mol. The van der Waals surface area contributed by atoms with Gasteiger partial charge in [-0.1, -0.05) is 37.3 Å². The molecule has 148 valence electrons. The van der Waals surface area contributed by atoms with Gasteiger partial charge in [0.25, 0.3) is 0 Å². The second kappa shape index (κ2) is 7.37. The van der Waals surface area contributed by atoms with Crippen molar-refractivity contribution in [3.63, 3.8) is 0 Å². The number of rotatable bonds is 6. The fraction of sp³-hybridized carbons (Fsp3) is 0.450. The first-order valence-electron chi connectivity index (χ1n) is 9.45. The first-order chi connectivity index (χ1) is 13.5. The molecule has 1 saturated heterocycles. The van der Waals surface area contributed by atoms with Crippen LogP contribution in [0.5, 0.6) is 5.88 Å². The van der Waals surface area contributed by atoms with Crippen molar-refractivity contribution >= 4 is 17.1 Å². The number of nitrogen functional groups attached to an aromatic ring is 1. The largest absolute Gasteiger partial charge is 0.471 e. The van der Waals surface area contributed by atoms with Gasteiger partial charge in [-0.25, -0.2) is 4.98 Å². The van der Waals surface area contributed by atoms with Gasteiger partial charge in [0, 0.05) is 0 Å². The Bertz CT molecular complexity index is 957. The molecule has 3 heterocycles. The molecule has 8 heteroatoms. The van der Waals surface area contributed by atoms with Gasteiger partial charge >= 0.3 is 0 Å². The molecule has 1 aromatic carbocycles. The Hall–Kier alpha value is -2.71. The van der Waals surface area contributed by atoms with Gasteiger partial charge in [0.2, 0.25) is 11.8 Å². The van der Waals surface area contributed by atoms with Crippen LogP contribution < -0.4 is 10.5 Å². The van der Waals surface area contributed by atoms with E-state index in [1.54, 1.807) is 6.33 Å². The summed E-state index contributed by atoms with van der Waals surface area (Å²) < 4.78 is 19.7. The van der Waals surface area contributed by atoms with Crippen LogP contribution in [0.1, 0.15) is 38.8 Å². The molecule has 1 aliphatic heterocycles. The maximum Gasteiger partial charge on any atom is 0.247 e. The Morgan fingerprint density at radius 2 is 2.07 bits per heavy atom. The monoisotopic (exact) mass is 383 g/mol. The molecule has 2 N–H and O–H groups in total. The van der Waals surface area contributed by atoms with Crippen LogP contribution in [0.4, 0.5) is 5.95 Å². The average molecular weight is 383 g/mol. The molecule has 2 atom stereocenters. The summed E-state index contributed by atoms with van der Waals surface area (Å²) >= 11 is 0. The maximum absolute atomic E-state index is 6.06. The summed E-state index contributed by atoms with van der Waals surface area (Å²) in [5.74, 6) is -0.0631. The van der Waals surface area contributed by atoms with Crippen molar-refractivity contribution in [2.24, 2.45) is 0 Å². The van der Waals surface area contributed by atoms with Crippen LogP contribution in [0.3, 0.4) is 0 Å². The molecule has 1 fully saturated rings. The van der Waals surface area contributed by atoms with Crippen LogP contribution in [0.25, 0.3) is 11.2 Å². The van der Waals surface area contributed by atoms with E-state index in [-0.39, 0.29) is 18.1 Å². The van der Waals surface area contributed by atoms with E-state index in [0.29, 0.717) is 30.3 Å². The highest BCUT2D eigenvalue weighted by Crippen LogP contribution is 2.33. The van der Waals surface area contributed by atoms with Crippen molar-refractivity contribution in [2.75, 3.05) is 12.3 Å². The molecule has 28 heavy (non-hydrogen) atoms. The quantitative estimate of drug-likeness (QED) is 0.698. The van der Waals surface area contributed by atoms with E-state index in [4.69, 9.17) is 19.9 Å². The normalized spacial score (nSPS) is 19.8. The zero-order valence-corrected chi connectivity index (χ0v) is 16.3. The number of nitrogens with two attached hydrogens (primary N) is 1. The Labute approximate surface area is 163 Å². The summed E-state index contributed by atoms with van der Waals surface area (Å²) in [4.78, 5) is 13.2. The Morgan fingerprint density at radius 3 is 2.75 bits per heavy atom. The third-order valence-corrected chi connectivity index (χ3v) is 4.86. The number of benzene rings is 1. The highest BCUT2D eigenvalue weighted by Gasteiger charge is 2.38. The molecule has 0 saturated carbocycles. The molecular weight excluding hydrogens is 358 g/mol. The molecule has 0 aliphatic carbocycles. The lowest BCUT2D eigenvalue weighted by Gasteiger charge is -2.24. The standard InChI is InChI=1S/C20H25N5O3/c1-4-14(15-11-27-20(2,3)28-15)25-12-22-16-17(25)23-19(21)24-18(16)26-10-13-8-6-5-7-9-13/h5-9,12,14-15H,4,10-11H2,1-3H3,(H2,21,23,24). The van der Waals surface area contributed by atoms with Crippen molar-refractivity contribution in [3.8, 4) is 5.88 Å². The maximum atomic E-state index is 6.06. The van der Waals surface area contributed by atoms with E-state index in [2.05, 4.69) is 21.9 Å². The summed E-state index contributed by atoms with van der Waals surface area (Å²) in [7, 11) is 0. The lowest BCUT2D eigenvalue weighted by atomic mass is 10.1. The van der Waals surface area contributed by atoms with Crippen molar-refractivity contribution < 1.29 is 14.2 Å². The van der Waals surface area contributed by atoms with Gasteiger partial charge in [0.05, 0.1) is 19.0 Å². The van der Waals surface area contributed by atoms with E-state index in [1.807, 2.05) is 48.7 Å². The van der Waals surface area contributed by atoms with Crippen molar-refractivity contribution in [2.45, 2.75) is 51.7 Å². The molecule has 2 unspecified atom stereocenters. The van der Waals surface area contributed by atoms with Gasteiger partial charge in [-0.2, -0.15) is 9.97 Å². The number of imidazole rings is 1. The molecular formula is C20H25N5O3. The minimum absolute atomic E-state index is 0.0167. The fourth-order valence-corrected chi connectivity index (χ4v) is 3.52. The van der Waals surface area contributed by atoms with Crippen LogP contribution in [0.15, 0.2) is 36.7 Å². The van der Waals surface area contributed by atoms with Gasteiger partial charge in [-0.3, -0.25) is 0 Å².